The van der Waals surface area contributed by atoms with Gasteiger partial charge in [0.2, 0.25) is 5.91 Å². The fourth-order valence-electron chi connectivity index (χ4n) is 2.87. The normalized spacial score (nSPS) is 29.6. The number of carbonyl (C=O) groups excluding carboxylic acids is 1. The largest absolute Gasteiger partial charge is 0.481 e. The lowest BCUT2D eigenvalue weighted by Crippen LogP contribution is -2.42. The summed E-state index contributed by atoms with van der Waals surface area (Å²) in [7, 11) is 0. The summed E-state index contributed by atoms with van der Waals surface area (Å²) in [6.07, 6.45) is 2.52. The van der Waals surface area contributed by atoms with Gasteiger partial charge in [-0.25, -0.2) is 0 Å². The van der Waals surface area contributed by atoms with Crippen LogP contribution in [0.15, 0.2) is 36.4 Å². The zero-order valence-electron chi connectivity index (χ0n) is 11.0. The molecule has 110 valence electrons. The smallest absolute Gasteiger partial charge is 0.310 e. The molecule has 2 aliphatic heterocycles. The zero-order chi connectivity index (χ0) is 15.0. The maximum Gasteiger partial charge on any atom is 0.310 e. The number of hydrogen-bond acceptors (Lipinski definition) is 3. The lowest BCUT2D eigenvalue weighted by atomic mass is 9.82. The molecule has 1 aromatic rings. The Balaban J connectivity index is 1.68. The average molecular weight is 308 g/mol. The predicted octanol–water partition coefficient (Wildman–Crippen LogP) is 1.61. The lowest BCUT2D eigenvalue weighted by Gasteiger charge is -2.21. The molecule has 2 bridgehead atoms. The van der Waals surface area contributed by atoms with Crippen molar-refractivity contribution in [2.45, 2.75) is 18.8 Å². The van der Waals surface area contributed by atoms with Gasteiger partial charge in [0, 0.05) is 11.6 Å². The van der Waals surface area contributed by atoms with E-state index < -0.39 is 30.0 Å². The topological polar surface area (TPSA) is 75.6 Å². The fourth-order valence-corrected chi connectivity index (χ4v) is 3.08. The van der Waals surface area contributed by atoms with Gasteiger partial charge in [-0.05, 0) is 17.7 Å². The highest BCUT2D eigenvalue weighted by atomic mass is 35.5. The van der Waals surface area contributed by atoms with Gasteiger partial charge in [-0.2, -0.15) is 0 Å². The molecule has 0 aromatic heterocycles. The van der Waals surface area contributed by atoms with Crippen molar-refractivity contribution >= 4 is 23.5 Å². The highest BCUT2D eigenvalue weighted by Gasteiger charge is 2.53. The number of ether oxygens (including phenoxy) is 1. The number of nitrogens with one attached hydrogen (secondary N) is 1. The second-order valence-corrected chi connectivity index (χ2v) is 5.62. The highest BCUT2D eigenvalue weighted by molar-refractivity contribution is 6.30. The molecule has 1 fully saturated rings. The van der Waals surface area contributed by atoms with Gasteiger partial charge < -0.3 is 15.2 Å². The van der Waals surface area contributed by atoms with Crippen LogP contribution in [0.4, 0.5) is 0 Å². The van der Waals surface area contributed by atoms with Gasteiger partial charge in [-0.3, -0.25) is 9.59 Å². The molecular formula is C15H14ClNO4. The first-order valence-electron chi connectivity index (χ1n) is 6.65. The molecule has 0 aliphatic carbocycles. The van der Waals surface area contributed by atoms with Crippen LogP contribution in [-0.4, -0.2) is 29.2 Å². The summed E-state index contributed by atoms with van der Waals surface area (Å²) in [4.78, 5) is 23.6. The van der Waals surface area contributed by atoms with Gasteiger partial charge in [0.05, 0.1) is 18.1 Å². The van der Waals surface area contributed by atoms with Crippen LogP contribution < -0.4 is 5.32 Å². The van der Waals surface area contributed by atoms with Crippen LogP contribution in [0.1, 0.15) is 5.56 Å². The van der Waals surface area contributed by atoms with E-state index in [2.05, 4.69) is 5.32 Å². The highest BCUT2D eigenvalue weighted by Crippen LogP contribution is 2.39. The van der Waals surface area contributed by atoms with E-state index in [-0.39, 0.29) is 5.91 Å². The molecule has 21 heavy (non-hydrogen) atoms. The summed E-state index contributed by atoms with van der Waals surface area (Å²) < 4.78 is 5.48. The standard InChI is InChI=1S/C15H14ClNO4/c16-9-3-1-2-8(6-9)7-17-14(18)12-10-4-5-11(21-10)13(12)15(19)20/h1-6,10-13H,7H2,(H,17,18)(H,19,20)/t10-,11-,12+,13-/m1/s1. The van der Waals surface area contributed by atoms with Crippen molar-refractivity contribution in [3.05, 3.63) is 47.0 Å². The molecule has 3 rings (SSSR count). The average Bonchev–Trinajstić information content (AvgIpc) is 3.05. The van der Waals surface area contributed by atoms with E-state index >= 15 is 0 Å². The van der Waals surface area contributed by atoms with Crippen molar-refractivity contribution in [1.82, 2.24) is 5.32 Å². The van der Waals surface area contributed by atoms with Crippen molar-refractivity contribution in [3.63, 3.8) is 0 Å². The van der Waals surface area contributed by atoms with Gasteiger partial charge in [0.15, 0.2) is 0 Å². The van der Waals surface area contributed by atoms with Crippen molar-refractivity contribution < 1.29 is 19.4 Å². The molecule has 4 atom stereocenters. The number of carboxylic acids is 1. The molecule has 1 amide bonds. The second kappa shape index (κ2) is 5.50. The Labute approximate surface area is 126 Å². The summed E-state index contributed by atoms with van der Waals surface area (Å²) in [6.45, 7) is 0.309. The number of halogens is 1. The maximum absolute atomic E-state index is 12.3. The van der Waals surface area contributed by atoms with Crippen molar-refractivity contribution in [3.8, 4) is 0 Å². The third-order valence-electron chi connectivity index (χ3n) is 3.84. The van der Waals surface area contributed by atoms with Crippen LogP contribution in [0.2, 0.25) is 5.02 Å². The molecule has 2 N–H and O–H groups in total. The van der Waals surface area contributed by atoms with E-state index in [1.807, 2.05) is 6.07 Å². The summed E-state index contributed by atoms with van der Waals surface area (Å²) in [6, 6.07) is 7.15. The van der Waals surface area contributed by atoms with E-state index in [0.29, 0.717) is 11.6 Å². The van der Waals surface area contributed by atoms with Crippen LogP contribution >= 0.6 is 11.6 Å². The summed E-state index contributed by atoms with van der Waals surface area (Å²) in [5.74, 6) is -2.81. The van der Waals surface area contributed by atoms with Crippen LogP contribution in [0.5, 0.6) is 0 Å². The van der Waals surface area contributed by atoms with Crippen LogP contribution in [-0.2, 0) is 20.9 Å². The number of fused-ring (bicyclic) bond motifs is 2. The Bertz CT molecular complexity index is 615. The predicted molar refractivity (Wildman–Crippen MR) is 75.7 cm³/mol. The van der Waals surface area contributed by atoms with E-state index in [0.717, 1.165) is 5.56 Å². The molecule has 2 aliphatic rings. The molecule has 1 saturated heterocycles. The molecule has 0 radical (unpaired) electrons. The van der Waals surface area contributed by atoms with Gasteiger partial charge in [-0.1, -0.05) is 35.9 Å². The molecule has 1 aromatic carbocycles. The minimum Gasteiger partial charge on any atom is -0.481 e. The van der Waals surface area contributed by atoms with Crippen molar-refractivity contribution in [2.24, 2.45) is 11.8 Å². The molecule has 0 saturated carbocycles. The Morgan fingerprint density at radius 3 is 2.62 bits per heavy atom. The third-order valence-corrected chi connectivity index (χ3v) is 4.08. The number of rotatable bonds is 4. The van der Waals surface area contributed by atoms with E-state index in [1.165, 1.54) is 0 Å². The van der Waals surface area contributed by atoms with Gasteiger partial charge in [0.1, 0.15) is 5.92 Å². The second-order valence-electron chi connectivity index (χ2n) is 5.19. The minimum absolute atomic E-state index is 0.306. The Hall–Kier alpha value is -1.85. The van der Waals surface area contributed by atoms with E-state index in [1.54, 1.807) is 30.4 Å². The maximum atomic E-state index is 12.3. The van der Waals surface area contributed by atoms with Gasteiger partial charge >= 0.3 is 5.97 Å². The minimum atomic E-state index is -1.00. The third kappa shape index (κ3) is 2.66. The Morgan fingerprint density at radius 2 is 1.95 bits per heavy atom. The fraction of sp³-hybridized carbons (Fsp3) is 0.333. The molecule has 6 heteroatoms. The number of aliphatic carboxylic acids is 1. The molecular weight excluding hydrogens is 294 g/mol. The number of amides is 1. The number of hydrogen-bond donors (Lipinski definition) is 2. The van der Waals surface area contributed by atoms with Crippen molar-refractivity contribution in [2.75, 3.05) is 0 Å². The number of carbonyl (C=O) groups is 2. The first kappa shape index (κ1) is 14.1. The lowest BCUT2D eigenvalue weighted by molar-refractivity contribution is -0.146. The van der Waals surface area contributed by atoms with Gasteiger partial charge in [0.25, 0.3) is 0 Å². The van der Waals surface area contributed by atoms with Gasteiger partial charge in [-0.15, -0.1) is 0 Å². The van der Waals surface area contributed by atoms with E-state index in [9.17, 15) is 14.7 Å². The first-order chi connectivity index (χ1) is 10.1. The van der Waals surface area contributed by atoms with Crippen molar-refractivity contribution in [1.29, 1.82) is 0 Å². The monoisotopic (exact) mass is 307 g/mol. The molecule has 2 heterocycles. The number of carboxylic acid groups (broad SMARTS) is 1. The van der Waals surface area contributed by atoms with Crippen LogP contribution in [0.3, 0.4) is 0 Å². The summed E-state index contributed by atoms with van der Waals surface area (Å²) >= 11 is 5.88. The quantitative estimate of drug-likeness (QED) is 0.829. The number of benzene rings is 1. The van der Waals surface area contributed by atoms with E-state index in [4.69, 9.17) is 16.3 Å². The summed E-state index contributed by atoms with van der Waals surface area (Å²) in [5.41, 5.74) is 0.863. The molecule has 0 spiro atoms. The molecule has 5 nitrogen and oxygen atoms in total. The summed E-state index contributed by atoms with van der Waals surface area (Å²) in [5, 5.41) is 12.6. The Kier molecular flexibility index (Phi) is 3.69. The first-order valence-corrected chi connectivity index (χ1v) is 7.03. The zero-order valence-corrected chi connectivity index (χ0v) is 11.8. The van der Waals surface area contributed by atoms with Crippen LogP contribution in [0, 0.1) is 11.8 Å². The van der Waals surface area contributed by atoms with Crippen LogP contribution in [0.25, 0.3) is 0 Å². The molecule has 0 unspecified atom stereocenters. The Morgan fingerprint density at radius 1 is 1.24 bits per heavy atom. The SMILES string of the molecule is O=C(NCc1cccc(Cl)c1)[C@@H]1[C@H](C(=O)O)[C@H]2C=C[C@H]1O2.